The molecular formula is C44H50F4N8O12. The van der Waals surface area contributed by atoms with E-state index >= 15 is 0 Å². The van der Waals surface area contributed by atoms with Gasteiger partial charge in [-0.25, -0.2) is 23.8 Å². The van der Waals surface area contributed by atoms with Gasteiger partial charge in [0.25, 0.3) is 5.56 Å². The molecule has 7 rings (SSSR count). The number of aliphatic hydroxyl groups is 1. The summed E-state index contributed by atoms with van der Waals surface area (Å²) in [5, 5.41) is 25.7. The van der Waals surface area contributed by atoms with Gasteiger partial charge in [-0.1, -0.05) is 26.0 Å². The number of alkyl halides is 3. The van der Waals surface area contributed by atoms with Crippen LogP contribution in [0.4, 0.5) is 28.0 Å². The SMILES string of the molecule is CC.C[C@H](N)C(=O)N[C@@H](C)C(=O)NC(CC(N)=O)C(=O)Nc1ccc(COC(N)=O)cc1.Cc1c(F)cc2nc3c(c4c2c1CCC4)Cn1c-3cc2c(c1=O)COC(=O)[C@H]2O.O=C(O)C(F)(F)F. The first kappa shape index (κ1) is 53.1. The molecule has 2 aliphatic heterocycles. The molecular weight excluding hydrogens is 909 g/mol. The minimum Gasteiger partial charge on any atom is -0.475 e. The zero-order chi connectivity index (χ0) is 50.9. The molecule has 0 saturated heterocycles. The lowest BCUT2D eigenvalue weighted by Crippen LogP contribution is -2.54. The molecule has 68 heavy (non-hydrogen) atoms. The molecule has 0 saturated carbocycles. The fourth-order valence-electron chi connectivity index (χ4n) is 7.25. The number of benzene rings is 2. The molecule has 5 amide bonds. The molecule has 2 aromatic heterocycles. The van der Waals surface area contributed by atoms with Gasteiger partial charge in [0, 0.05) is 28.3 Å². The Balaban J connectivity index is 0.000000252. The monoisotopic (exact) mass is 958 g/mol. The molecule has 0 bridgehead atoms. The van der Waals surface area contributed by atoms with Crippen LogP contribution in [-0.4, -0.2) is 85.7 Å². The Labute approximate surface area is 384 Å². The van der Waals surface area contributed by atoms with E-state index < -0.39 is 78.5 Å². The predicted octanol–water partition coefficient (Wildman–Crippen LogP) is 2.54. The van der Waals surface area contributed by atoms with Gasteiger partial charge in [0.2, 0.25) is 23.6 Å². The molecule has 4 heterocycles. The number of esters is 1. The number of aliphatic hydroxyl groups excluding tert-OH is 1. The molecule has 11 N–H and O–H groups in total. The molecule has 1 aliphatic carbocycles. The van der Waals surface area contributed by atoms with Crippen LogP contribution in [-0.2, 0) is 70.8 Å². The van der Waals surface area contributed by atoms with Crippen molar-refractivity contribution in [1.29, 1.82) is 0 Å². The molecule has 20 nitrogen and oxygen atoms in total. The van der Waals surface area contributed by atoms with E-state index in [-0.39, 0.29) is 30.2 Å². The number of halogens is 4. The maximum absolute atomic E-state index is 14.5. The lowest BCUT2D eigenvalue weighted by Gasteiger charge is -2.22. The Morgan fingerprint density at radius 3 is 2.13 bits per heavy atom. The number of aryl methyl sites for hydroxylation is 2. The quantitative estimate of drug-likeness (QED) is 0.0737. The number of nitrogens with two attached hydrogens (primary N) is 3. The van der Waals surface area contributed by atoms with Crippen LogP contribution in [0.5, 0.6) is 0 Å². The van der Waals surface area contributed by atoms with Crippen LogP contribution in [0.15, 0.2) is 41.2 Å². The smallest absolute Gasteiger partial charge is 0.475 e. The highest BCUT2D eigenvalue weighted by molar-refractivity contribution is 6.00. The zero-order valence-electron chi connectivity index (χ0n) is 37.3. The Morgan fingerprint density at radius 2 is 1.56 bits per heavy atom. The van der Waals surface area contributed by atoms with E-state index in [1.165, 1.54) is 32.0 Å². The van der Waals surface area contributed by atoms with Crippen molar-refractivity contribution in [2.75, 3.05) is 5.32 Å². The summed E-state index contributed by atoms with van der Waals surface area (Å²) in [6.07, 6.45) is -5.33. The normalized spacial score (nSPS) is 15.2. The predicted molar refractivity (Wildman–Crippen MR) is 233 cm³/mol. The number of amides is 5. The van der Waals surface area contributed by atoms with Crippen LogP contribution in [0.2, 0.25) is 0 Å². The maximum atomic E-state index is 14.5. The van der Waals surface area contributed by atoms with Crippen molar-refractivity contribution in [2.45, 2.75) is 110 Å². The Kier molecular flexibility index (Phi) is 17.5. The lowest BCUT2D eigenvalue weighted by atomic mass is 9.85. The summed E-state index contributed by atoms with van der Waals surface area (Å²) in [5.74, 6) is -6.52. The number of pyridine rings is 2. The van der Waals surface area contributed by atoms with Crippen molar-refractivity contribution >= 4 is 58.3 Å². The van der Waals surface area contributed by atoms with E-state index in [1.54, 1.807) is 29.7 Å². The van der Waals surface area contributed by atoms with Crippen LogP contribution in [0, 0.1) is 12.7 Å². The first-order chi connectivity index (χ1) is 31.9. The topological polar surface area (TPSA) is 327 Å². The number of fused-ring (bicyclic) bond motifs is 5. The summed E-state index contributed by atoms with van der Waals surface area (Å²) in [6, 6.07) is 6.30. The number of aliphatic carboxylic acids is 1. The first-order valence-corrected chi connectivity index (χ1v) is 20.9. The van der Waals surface area contributed by atoms with Crippen LogP contribution in [0.1, 0.15) is 85.6 Å². The van der Waals surface area contributed by atoms with Gasteiger partial charge >= 0.3 is 24.2 Å². The molecule has 0 radical (unpaired) electrons. The van der Waals surface area contributed by atoms with Crippen molar-refractivity contribution in [1.82, 2.24) is 20.2 Å². The molecule has 2 aromatic carbocycles. The summed E-state index contributed by atoms with van der Waals surface area (Å²) >= 11 is 0. The van der Waals surface area contributed by atoms with Crippen LogP contribution in [0.25, 0.3) is 22.3 Å². The Morgan fingerprint density at radius 1 is 0.941 bits per heavy atom. The van der Waals surface area contributed by atoms with Crippen LogP contribution >= 0.6 is 0 Å². The highest BCUT2D eigenvalue weighted by Gasteiger charge is 2.38. The van der Waals surface area contributed by atoms with Gasteiger partial charge in [-0.3, -0.25) is 24.0 Å². The number of anilines is 1. The van der Waals surface area contributed by atoms with E-state index in [1.807, 2.05) is 13.8 Å². The summed E-state index contributed by atoms with van der Waals surface area (Å²) in [5.41, 5.74) is 22.3. The number of aromatic nitrogens is 2. The number of carboxylic acids is 1. The molecule has 4 atom stereocenters. The average Bonchev–Trinajstić information content (AvgIpc) is 3.65. The Hall–Kier alpha value is -7.47. The fourth-order valence-corrected chi connectivity index (χ4v) is 7.25. The standard InChI is InChI=1S/C22H17FN2O4.C18H26N6O6.C2HF3O2.C2H6/c1-9-10-3-2-4-11-13-7-25-17(19(13)24-16(18(10)11)6-15(9)23)5-12-14(21(25)27)8-29-22(28)20(12)26;1-9(19)15(26)22-10(2)16(27)24-13(7-14(20)25)17(28)23-12-5-3-11(4-6-12)8-30-18(21)29;3-2(4,5)1(6)7;1-2/h5-6,20,26H,2-4,7-8H2,1H3;3-6,9-10,13H,7-8,19H2,1-2H3,(H2,20,25)(H2,21,29)(H,22,26)(H,23,28)(H,24,27);(H,6,7);1-2H3/t20-;9-,10-,13?;;/m00../s1. The molecule has 0 fully saturated rings. The van der Waals surface area contributed by atoms with Crippen molar-refractivity contribution in [3.63, 3.8) is 0 Å². The molecule has 0 spiro atoms. The maximum Gasteiger partial charge on any atom is 0.490 e. The number of carbonyl (C=O) groups is 7. The third-order valence-corrected chi connectivity index (χ3v) is 10.6. The van der Waals surface area contributed by atoms with Gasteiger partial charge in [-0.05, 0) is 80.5 Å². The second-order valence-electron chi connectivity index (χ2n) is 15.3. The van der Waals surface area contributed by atoms with Gasteiger partial charge in [0.05, 0.1) is 41.5 Å². The number of primary amides is 2. The summed E-state index contributed by atoms with van der Waals surface area (Å²) in [6.45, 7) is 8.87. The van der Waals surface area contributed by atoms with E-state index in [4.69, 9.17) is 36.8 Å². The van der Waals surface area contributed by atoms with E-state index in [9.17, 15) is 56.2 Å². The highest BCUT2D eigenvalue weighted by atomic mass is 19.4. The lowest BCUT2D eigenvalue weighted by molar-refractivity contribution is -0.192. The number of carbonyl (C=O) groups excluding carboxylic acids is 6. The second-order valence-corrected chi connectivity index (χ2v) is 15.3. The first-order valence-electron chi connectivity index (χ1n) is 20.9. The van der Waals surface area contributed by atoms with E-state index in [0.717, 1.165) is 41.3 Å². The molecule has 4 aromatic rings. The number of ether oxygens (including phenoxy) is 2. The highest BCUT2D eigenvalue weighted by Crippen LogP contribution is 2.42. The molecule has 24 heteroatoms. The van der Waals surface area contributed by atoms with Gasteiger partial charge < -0.3 is 57.4 Å². The minimum atomic E-state index is -5.08. The van der Waals surface area contributed by atoms with Gasteiger partial charge in [-0.2, -0.15) is 13.2 Å². The number of hydrogen-bond donors (Lipinski definition) is 8. The number of nitrogens with zero attached hydrogens (tertiary/aromatic N) is 2. The average molecular weight is 959 g/mol. The van der Waals surface area contributed by atoms with Gasteiger partial charge in [-0.15, -0.1) is 0 Å². The second kappa shape index (κ2) is 22.3. The van der Waals surface area contributed by atoms with Gasteiger partial charge in [0.15, 0.2) is 6.10 Å². The zero-order valence-corrected chi connectivity index (χ0v) is 37.3. The third-order valence-electron chi connectivity index (χ3n) is 10.6. The number of nitrogens with one attached hydrogen (secondary N) is 3. The summed E-state index contributed by atoms with van der Waals surface area (Å²) < 4.78 is 57.4. The van der Waals surface area contributed by atoms with Gasteiger partial charge in [0.1, 0.15) is 31.1 Å². The minimum absolute atomic E-state index is 0.0328. The van der Waals surface area contributed by atoms with Crippen molar-refractivity contribution < 1.29 is 70.8 Å². The van der Waals surface area contributed by atoms with Crippen molar-refractivity contribution in [3.05, 3.63) is 91.5 Å². The molecule has 3 aliphatic rings. The number of cyclic esters (lactones) is 1. The Bertz CT molecular complexity index is 2690. The number of carboxylic acid groups (broad SMARTS) is 1. The number of hydrogen-bond acceptors (Lipinski definition) is 13. The third kappa shape index (κ3) is 12.5. The van der Waals surface area contributed by atoms with Crippen molar-refractivity contribution in [3.8, 4) is 11.4 Å². The summed E-state index contributed by atoms with van der Waals surface area (Å²) in [4.78, 5) is 96.8. The largest absolute Gasteiger partial charge is 0.490 e. The molecule has 1 unspecified atom stereocenters. The van der Waals surface area contributed by atoms with Crippen LogP contribution < -0.4 is 38.7 Å². The summed E-state index contributed by atoms with van der Waals surface area (Å²) in [7, 11) is 0. The molecule has 366 valence electrons. The number of rotatable bonds is 10. The van der Waals surface area contributed by atoms with Crippen LogP contribution in [0.3, 0.4) is 0 Å². The van der Waals surface area contributed by atoms with E-state index in [2.05, 4.69) is 20.7 Å². The van der Waals surface area contributed by atoms with Crippen molar-refractivity contribution in [2.24, 2.45) is 17.2 Å². The van der Waals surface area contributed by atoms with E-state index in [0.29, 0.717) is 45.8 Å². The fraction of sp³-hybridized carbons (Fsp3) is 0.386.